The second kappa shape index (κ2) is 6.72. The van der Waals surface area contributed by atoms with Crippen molar-refractivity contribution in [1.82, 2.24) is 4.90 Å². The van der Waals surface area contributed by atoms with Crippen LogP contribution < -0.4 is 0 Å². The van der Waals surface area contributed by atoms with E-state index in [1.165, 1.54) is 0 Å². The maximum atomic E-state index is 12.3. The van der Waals surface area contributed by atoms with Crippen molar-refractivity contribution < 1.29 is 23.9 Å². The third-order valence-corrected chi connectivity index (χ3v) is 2.87. The van der Waals surface area contributed by atoms with Crippen molar-refractivity contribution in [3.05, 3.63) is 0 Å². The van der Waals surface area contributed by atoms with Gasteiger partial charge in [0, 0.05) is 6.54 Å². The highest BCUT2D eigenvalue weighted by Crippen LogP contribution is 2.21. The van der Waals surface area contributed by atoms with Crippen molar-refractivity contribution >= 4 is 18.0 Å². The highest BCUT2D eigenvalue weighted by Gasteiger charge is 2.38. The molecule has 0 N–H and O–H groups in total. The van der Waals surface area contributed by atoms with Gasteiger partial charge in [-0.3, -0.25) is 9.59 Å². The number of likely N-dealkylation sites (tertiary alicyclic amines) is 1. The molecular weight excluding hydrogens is 262 g/mol. The molecule has 1 aliphatic heterocycles. The minimum Gasteiger partial charge on any atom is -0.465 e. The molecule has 114 valence electrons. The fourth-order valence-electron chi connectivity index (χ4n) is 2.00. The Morgan fingerprint density at radius 2 is 1.95 bits per heavy atom. The van der Waals surface area contributed by atoms with Crippen molar-refractivity contribution in [3.63, 3.8) is 0 Å². The summed E-state index contributed by atoms with van der Waals surface area (Å²) in [4.78, 5) is 37.2. The van der Waals surface area contributed by atoms with E-state index in [0.29, 0.717) is 19.3 Å². The summed E-state index contributed by atoms with van der Waals surface area (Å²) in [7, 11) is 0. The van der Waals surface area contributed by atoms with Crippen LogP contribution in [0.25, 0.3) is 0 Å². The van der Waals surface area contributed by atoms with E-state index in [0.717, 1.165) is 4.90 Å². The molecule has 0 spiro atoms. The van der Waals surface area contributed by atoms with E-state index in [-0.39, 0.29) is 13.2 Å². The highest BCUT2D eigenvalue weighted by atomic mass is 16.6. The summed E-state index contributed by atoms with van der Waals surface area (Å²) < 4.78 is 10.1. The molecule has 0 aromatic rings. The Bertz CT molecular complexity index is 386. The summed E-state index contributed by atoms with van der Waals surface area (Å²) in [6.45, 7) is 7.38. The zero-order valence-electron chi connectivity index (χ0n) is 12.6. The molecule has 1 unspecified atom stereocenters. The number of ether oxygens (including phenoxy) is 2. The minimum absolute atomic E-state index is 0.217. The van der Waals surface area contributed by atoms with Crippen LogP contribution in [0.1, 0.15) is 47.0 Å². The van der Waals surface area contributed by atoms with Gasteiger partial charge in [-0.15, -0.1) is 0 Å². The number of carbonyl (C=O) groups is 3. The fourth-order valence-corrected chi connectivity index (χ4v) is 2.00. The third-order valence-electron chi connectivity index (χ3n) is 2.87. The first kappa shape index (κ1) is 16.5. The van der Waals surface area contributed by atoms with Gasteiger partial charge < -0.3 is 9.47 Å². The number of rotatable bonds is 2. The van der Waals surface area contributed by atoms with Gasteiger partial charge in [-0.2, -0.15) is 0 Å². The monoisotopic (exact) mass is 285 g/mol. The second-order valence-corrected chi connectivity index (χ2v) is 5.77. The van der Waals surface area contributed by atoms with E-state index < -0.39 is 29.5 Å². The molecule has 1 rings (SSSR count). The van der Waals surface area contributed by atoms with Gasteiger partial charge in [0.2, 0.25) is 5.91 Å². The van der Waals surface area contributed by atoms with Gasteiger partial charge in [-0.05, 0) is 40.5 Å². The molecule has 1 fully saturated rings. The highest BCUT2D eigenvalue weighted by molar-refractivity contribution is 6.03. The Morgan fingerprint density at radius 3 is 2.50 bits per heavy atom. The lowest BCUT2D eigenvalue weighted by molar-refractivity contribution is -0.154. The molecule has 6 heteroatoms. The third kappa shape index (κ3) is 4.51. The molecule has 1 heterocycles. The lowest BCUT2D eigenvalue weighted by Gasteiger charge is -2.26. The van der Waals surface area contributed by atoms with Crippen LogP contribution in [0.2, 0.25) is 0 Å². The van der Waals surface area contributed by atoms with Gasteiger partial charge >= 0.3 is 12.1 Å². The zero-order chi connectivity index (χ0) is 15.3. The van der Waals surface area contributed by atoms with Crippen molar-refractivity contribution in [2.75, 3.05) is 13.2 Å². The van der Waals surface area contributed by atoms with E-state index >= 15 is 0 Å². The van der Waals surface area contributed by atoms with Crippen molar-refractivity contribution in [1.29, 1.82) is 0 Å². The first-order valence-electron chi connectivity index (χ1n) is 6.97. The smallest absolute Gasteiger partial charge is 0.417 e. The standard InChI is InChI=1S/C14H23NO5/c1-5-19-12(17)10-8-6-7-9-15(11(10)16)13(18)20-14(2,3)4/h10H,5-9H2,1-4H3. The van der Waals surface area contributed by atoms with E-state index in [2.05, 4.69) is 0 Å². The normalized spacial score (nSPS) is 20.3. The van der Waals surface area contributed by atoms with Crippen LogP contribution in [-0.2, 0) is 19.1 Å². The Labute approximate surface area is 119 Å². The number of hydrogen-bond donors (Lipinski definition) is 0. The summed E-state index contributed by atoms with van der Waals surface area (Å²) in [5.74, 6) is -1.98. The minimum atomic E-state index is -0.898. The SMILES string of the molecule is CCOC(=O)C1CCCCN(C(=O)OC(C)(C)C)C1=O. The number of esters is 1. The summed E-state index contributed by atoms with van der Waals surface area (Å²) in [5, 5.41) is 0. The number of carbonyl (C=O) groups excluding carboxylic acids is 3. The second-order valence-electron chi connectivity index (χ2n) is 5.77. The molecule has 1 saturated heterocycles. The van der Waals surface area contributed by atoms with Gasteiger partial charge in [0.1, 0.15) is 11.5 Å². The average Bonchev–Trinajstić information content (AvgIpc) is 2.49. The first-order chi connectivity index (χ1) is 9.26. The van der Waals surface area contributed by atoms with Gasteiger partial charge in [0.05, 0.1) is 6.61 Å². The molecule has 6 nitrogen and oxygen atoms in total. The zero-order valence-corrected chi connectivity index (χ0v) is 12.6. The van der Waals surface area contributed by atoms with Crippen LogP contribution in [0.15, 0.2) is 0 Å². The molecule has 1 aliphatic rings. The van der Waals surface area contributed by atoms with Gasteiger partial charge in [-0.1, -0.05) is 6.42 Å². The Balaban J connectivity index is 2.82. The van der Waals surface area contributed by atoms with Crippen LogP contribution in [0.3, 0.4) is 0 Å². The number of nitrogens with zero attached hydrogens (tertiary/aromatic N) is 1. The van der Waals surface area contributed by atoms with E-state index in [4.69, 9.17) is 9.47 Å². The Hall–Kier alpha value is -1.59. The number of imide groups is 1. The molecule has 0 aromatic heterocycles. The lowest BCUT2D eigenvalue weighted by atomic mass is 10.0. The maximum absolute atomic E-state index is 12.3. The molecule has 20 heavy (non-hydrogen) atoms. The molecular formula is C14H23NO5. The summed E-state index contributed by atoms with van der Waals surface area (Å²) in [6.07, 6.45) is 1.09. The molecule has 1 atom stereocenters. The van der Waals surface area contributed by atoms with E-state index in [9.17, 15) is 14.4 Å². The lowest BCUT2D eigenvalue weighted by Crippen LogP contribution is -2.45. The average molecular weight is 285 g/mol. The topological polar surface area (TPSA) is 72.9 Å². The molecule has 0 aromatic carbocycles. The van der Waals surface area contributed by atoms with Gasteiger partial charge in [0.15, 0.2) is 0 Å². The van der Waals surface area contributed by atoms with Crippen LogP contribution in [0.4, 0.5) is 4.79 Å². The molecule has 2 amide bonds. The molecule has 0 bridgehead atoms. The summed E-state index contributed by atoms with van der Waals surface area (Å²) in [5.41, 5.74) is -0.677. The fraction of sp³-hybridized carbons (Fsp3) is 0.786. The molecule has 0 radical (unpaired) electrons. The number of amides is 2. The quantitative estimate of drug-likeness (QED) is 0.574. The predicted molar refractivity (Wildman–Crippen MR) is 71.9 cm³/mol. The van der Waals surface area contributed by atoms with Crippen LogP contribution in [-0.4, -0.2) is 41.6 Å². The Morgan fingerprint density at radius 1 is 1.30 bits per heavy atom. The Kier molecular flexibility index (Phi) is 5.53. The van der Waals surface area contributed by atoms with E-state index in [1.807, 2.05) is 0 Å². The molecule has 0 aliphatic carbocycles. The van der Waals surface area contributed by atoms with Crippen molar-refractivity contribution in [2.45, 2.75) is 52.6 Å². The largest absolute Gasteiger partial charge is 0.465 e. The van der Waals surface area contributed by atoms with E-state index in [1.54, 1.807) is 27.7 Å². The van der Waals surface area contributed by atoms with Crippen molar-refractivity contribution in [3.8, 4) is 0 Å². The predicted octanol–water partition coefficient (Wildman–Crippen LogP) is 2.11. The van der Waals surface area contributed by atoms with Gasteiger partial charge in [0.25, 0.3) is 0 Å². The van der Waals surface area contributed by atoms with Crippen LogP contribution in [0.5, 0.6) is 0 Å². The molecule has 0 saturated carbocycles. The summed E-state index contributed by atoms with van der Waals surface area (Å²) in [6, 6.07) is 0. The van der Waals surface area contributed by atoms with Gasteiger partial charge in [-0.25, -0.2) is 9.69 Å². The van der Waals surface area contributed by atoms with Crippen molar-refractivity contribution in [2.24, 2.45) is 5.92 Å². The first-order valence-corrected chi connectivity index (χ1v) is 6.97. The van der Waals surface area contributed by atoms with Crippen LogP contribution >= 0.6 is 0 Å². The number of hydrogen-bond acceptors (Lipinski definition) is 5. The van der Waals surface area contributed by atoms with Crippen LogP contribution in [0, 0.1) is 5.92 Å². The summed E-state index contributed by atoms with van der Waals surface area (Å²) >= 11 is 0. The maximum Gasteiger partial charge on any atom is 0.417 e.